The summed E-state index contributed by atoms with van der Waals surface area (Å²) in [6.45, 7) is 7.49. The molecule has 9 heteroatoms. The van der Waals surface area contributed by atoms with Gasteiger partial charge in [0.05, 0.1) is 5.69 Å². The lowest BCUT2D eigenvalue weighted by molar-refractivity contribution is 0.0897. The maximum absolute atomic E-state index is 12.7. The summed E-state index contributed by atoms with van der Waals surface area (Å²) in [5.41, 5.74) is 3.14. The van der Waals surface area contributed by atoms with Crippen LogP contribution in [-0.4, -0.2) is 77.8 Å². The number of anilines is 1. The molecule has 1 N–H and O–H groups in total. The number of carbonyl (C=O) groups excluding carboxylic acids is 1. The van der Waals surface area contributed by atoms with E-state index in [1.807, 2.05) is 30.3 Å². The normalized spacial score (nSPS) is 22.6. The van der Waals surface area contributed by atoms with Crippen LogP contribution < -0.4 is 15.0 Å². The third-order valence-corrected chi connectivity index (χ3v) is 7.08. The summed E-state index contributed by atoms with van der Waals surface area (Å²) < 4.78 is 11.6. The Kier molecular flexibility index (Phi) is 6.82. The van der Waals surface area contributed by atoms with E-state index >= 15 is 0 Å². The molecule has 0 radical (unpaired) electrons. The van der Waals surface area contributed by atoms with Gasteiger partial charge in [-0.05, 0) is 38.9 Å². The fraction of sp³-hybridized carbons (Fsp3) is 0.560. The van der Waals surface area contributed by atoms with Gasteiger partial charge in [-0.15, -0.1) is 0 Å². The molecule has 0 aliphatic carbocycles. The molecule has 4 heterocycles. The van der Waals surface area contributed by atoms with Crippen molar-refractivity contribution >= 4 is 11.9 Å². The number of likely N-dealkylation sites (N-methyl/N-ethyl adjacent to an activating group) is 1. The second kappa shape index (κ2) is 10.1. The van der Waals surface area contributed by atoms with E-state index < -0.39 is 0 Å². The standard InChI is InChI=1S/C25H34N6O3/c1-18-15-30(25(32)34-16-19-7-4-3-5-8-19)11-12-31(18)23-21-13-26-14-22(21)27-24(28-23)33-17-20-9-6-10-29(20)2/h3-5,7-8,18,20,26H,6,9-17H2,1-2H3. The van der Waals surface area contributed by atoms with Gasteiger partial charge in [0.2, 0.25) is 0 Å². The van der Waals surface area contributed by atoms with Crippen LogP contribution in [0, 0.1) is 0 Å². The van der Waals surface area contributed by atoms with Crippen molar-refractivity contribution in [3.63, 3.8) is 0 Å². The Morgan fingerprint density at radius 1 is 1.15 bits per heavy atom. The van der Waals surface area contributed by atoms with Crippen LogP contribution in [-0.2, 0) is 24.4 Å². The van der Waals surface area contributed by atoms with E-state index in [1.165, 1.54) is 6.42 Å². The number of hydrogen-bond donors (Lipinski definition) is 1. The molecule has 182 valence electrons. The molecule has 0 bridgehead atoms. The highest BCUT2D eigenvalue weighted by molar-refractivity contribution is 5.68. The maximum atomic E-state index is 12.7. The molecule has 0 saturated carbocycles. The van der Waals surface area contributed by atoms with Crippen molar-refractivity contribution in [2.45, 2.75) is 51.5 Å². The fourth-order valence-electron chi connectivity index (χ4n) is 5.04. The molecule has 1 amide bonds. The van der Waals surface area contributed by atoms with E-state index in [-0.39, 0.29) is 18.7 Å². The Hall–Kier alpha value is -2.91. The molecule has 3 aliphatic rings. The van der Waals surface area contributed by atoms with Gasteiger partial charge < -0.3 is 29.5 Å². The van der Waals surface area contributed by atoms with Gasteiger partial charge in [0.1, 0.15) is 19.0 Å². The quantitative estimate of drug-likeness (QED) is 0.695. The summed E-state index contributed by atoms with van der Waals surface area (Å²) in [7, 11) is 2.14. The Labute approximate surface area is 201 Å². The van der Waals surface area contributed by atoms with E-state index in [0.717, 1.165) is 48.7 Å². The summed E-state index contributed by atoms with van der Waals surface area (Å²) >= 11 is 0. The predicted molar refractivity (Wildman–Crippen MR) is 129 cm³/mol. The van der Waals surface area contributed by atoms with Gasteiger partial charge in [0.15, 0.2) is 0 Å². The zero-order valence-electron chi connectivity index (χ0n) is 20.1. The van der Waals surface area contributed by atoms with E-state index in [2.05, 4.69) is 29.1 Å². The first-order valence-corrected chi connectivity index (χ1v) is 12.2. The van der Waals surface area contributed by atoms with Gasteiger partial charge in [0, 0.05) is 50.4 Å². The lowest BCUT2D eigenvalue weighted by Gasteiger charge is -2.40. The van der Waals surface area contributed by atoms with E-state index in [1.54, 1.807) is 4.90 Å². The molecule has 5 rings (SSSR count). The van der Waals surface area contributed by atoms with E-state index in [0.29, 0.717) is 38.3 Å². The summed E-state index contributed by atoms with van der Waals surface area (Å²) in [5, 5.41) is 3.40. The predicted octanol–water partition coefficient (Wildman–Crippen LogP) is 2.40. The fourth-order valence-corrected chi connectivity index (χ4v) is 5.04. The number of rotatable bonds is 6. The number of aromatic nitrogens is 2. The molecule has 1 aromatic heterocycles. The molecular formula is C25H34N6O3. The van der Waals surface area contributed by atoms with Crippen LogP contribution in [0.2, 0.25) is 0 Å². The topological polar surface area (TPSA) is 83.1 Å². The zero-order chi connectivity index (χ0) is 23.5. The lowest BCUT2D eigenvalue weighted by Crippen LogP contribution is -2.54. The van der Waals surface area contributed by atoms with Crippen molar-refractivity contribution in [2.24, 2.45) is 0 Å². The van der Waals surface area contributed by atoms with Crippen LogP contribution in [0.15, 0.2) is 30.3 Å². The monoisotopic (exact) mass is 466 g/mol. The van der Waals surface area contributed by atoms with Crippen molar-refractivity contribution < 1.29 is 14.3 Å². The van der Waals surface area contributed by atoms with Crippen molar-refractivity contribution in [1.29, 1.82) is 0 Å². The minimum atomic E-state index is -0.269. The Morgan fingerprint density at radius 3 is 2.76 bits per heavy atom. The number of nitrogens with zero attached hydrogens (tertiary/aromatic N) is 5. The SMILES string of the molecule is CC1CN(C(=O)OCc2ccccc2)CCN1c1nc(OCC2CCCN2C)nc2c1CNC2. The Balaban J connectivity index is 1.24. The van der Waals surface area contributed by atoms with Gasteiger partial charge in [-0.25, -0.2) is 4.79 Å². The number of fused-ring (bicyclic) bond motifs is 1. The van der Waals surface area contributed by atoms with E-state index in [4.69, 9.17) is 19.4 Å². The molecule has 2 unspecified atom stereocenters. The molecule has 34 heavy (non-hydrogen) atoms. The Bertz CT molecular complexity index is 1000. The first-order valence-electron chi connectivity index (χ1n) is 12.2. The van der Waals surface area contributed by atoms with Crippen molar-refractivity contribution in [2.75, 3.05) is 44.7 Å². The first-order chi connectivity index (χ1) is 16.6. The smallest absolute Gasteiger partial charge is 0.410 e. The number of carbonyl (C=O) groups is 1. The van der Waals surface area contributed by atoms with Crippen LogP contribution in [0.4, 0.5) is 10.6 Å². The average molecular weight is 467 g/mol. The largest absolute Gasteiger partial charge is 0.462 e. The third kappa shape index (κ3) is 4.95. The summed E-state index contributed by atoms with van der Waals surface area (Å²) in [6, 6.07) is 10.7. The van der Waals surface area contributed by atoms with Crippen LogP contribution in [0.25, 0.3) is 0 Å². The van der Waals surface area contributed by atoms with Crippen LogP contribution in [0.3, 0.4) is 0 Å². The number of piperazine rings is 1. The number of nitrogens with one attached hydrogen (secondary N) is 1. The number of likely N-dealkylation sites (tertiary alicyclic amines) is 1. The minimum Gasteiger partial charge on any atom is -0.462 e. The lowest BCUT2D eigenvalue weighted by atomic mass is 10.1. The summed E-state index contributed by atoms with van der Waals surface area (Å²) in [5.74, 6) is 0.926. The molecule has 0 spiro atoms. The summed E-state index contributed by atoms with van der Waals surface area (Å²) in [6.07, 6.45) is 2.09. The van der Waals surface area contributed by atoms with Crippen molar-refractivity contribution in [1.82, 2.24) is 25.1 Å². The van der Waals surface area contributed by atoms with E-state index in [9.17, 15) is 4.79 Å². The minimum absolute atomic E-state index is 0.103. The molecular weight excluding hydrogens is 432 g/mol. The number of hydrogen-bond acceptors (Lipinski definition) is 8. The Morgan fingerprint density at radius 2 is 2.00 bits per heavy atom. The molecule has 2 aromatic rings. The highest BCUT2D eigenvalue weighted by atomic mass is 16.6. The number of ether oxygens (including phenoxy) is 2. The molecule has 1 aromatic carbocycles. The van der Waals surface area contributed by atoms with Gasteiger partial charge in [-0.2, -0.15) is 9.97 Å². The first kappa shape index (κ1) is 22.9. The molecule has 3 aliphatic heterocycles. The highest BCUT2D eigenvalue weighted by Gasteiger charge is 2.32. The van der Waals surface area contributed by atoms with Gasteiger partial charge in [-0.1, -0.05) is 30.3 Å². The maximum Gasteiger partial charge on any atom is 0.410 e. The number of benzene rings is 1. The summed E-state index contributed by atoms with van der Waals surface area (Å²) in [4.78, 5) is 28.6. The van der Waals surface area contributed by atoms with Crippen molar-refractivity contribution in [3.8, 4) is 6.01 Å². The zero-order valence-corrected chi connectivity index (χ0v) is 20.1. The molecule has 2 fully saturated rings. The second-order valence-electron chi connectivity index (χ2n) is 9.47. The van der Waals surface area contributed by atoms with Crippen LogP contribution >= 0.6 is 0 Å². The molecule has 2 atom stereocenters. The average Bonchev–Trinajstić information content (AvgIpc) is 3.50. The van der Waals surface area contributed by atoms with Crippen molar-refractivity contribution in [3.05, 3.63) is 47.2 Å². The second-order valence-corrected chi connectivity index (χ2v) is 9.47. The molecule has 9 nitrogen and oxygen atoms in total. The van der Waals surface area contributed by atoms with Crippen LogP contribution in [0.1, 0.15) is 36.6 Å². The number of amides is 1. The van der Waals surface area contributed by atoms with Crippen LogP contribution in [0.5, 0.6) is 6.01 Å². The van der Waals surface area contributed by atoms with Gasteiger partial charge in [-0.3, -0.25) is 0 Å². The third-order valence-electron chi connectivity index (χ3n) is 7.08. The van der Waals surface area contributed by atoms with Gasteiger partial charge in [0.25, 0.3) is 0 Å². The molecule has 2 saturated heterocycles. The highest BCUT2D eigenvalue weighted by Crippen LogP contribution is 2.30. The van der Waals surface area contributed by atoms with Gasteiger partial charge >= 0.3 is 12.1 Å².